The number of aromatic nitrogens is 4. The van der Waals surface area contributed by atoms with Crippen molar-refractivity contribution in [3.05, 3.63) is 65.2 Å². The molecule has 3 amide bonds. The second-order valence-corrected chi connectivity index (χ2v) is 15.4. The van der Waals surface area contributed by atoms with Gasteiger partial charge in [-0.15, -0.1) is 0 Å². The molecular weight excluding hydrogens is 598 g/mol. The van der Waals surface area contributed by atoms with Gasteiger partial charge in [-0.2, -0.15) is 10.2 Å². The summed E-state index contributed by atoms with van der Waals surface area (Å²) in [5.41, 5.74) is 2.61. The summed E-state index contributed by atoms with van der Waals surface area (Å²) < 4.78 is 13.1. The molecule has 0 aliphatic heterocycles. The van der Waals surface area contributed by atoms with Crippen LogP contribution in [0.1, 0.15) is 95.2 Å². The molecule has 1 aromatic carbocycles. The van der Waals surface area contributed by atoms with Crippen molar-refractivity contribution < 1.29 is 23.9 Å². The van der Waals surface area contributed by atoms with Crippen molar-refractivity contribution in [1.29, 1.82) is 0 Å². The highest BCUT2D eigenvalue weighted by atomic mass is 16.6. The Bertz CT molecular complexity index is 1510. The van der Waals surface area contributed by atoms with Crippen LogP contribution >= 0.6 is 0 Å². The third-order valence-corrected chi connectivity index (χ3v) is 8.03. The van der Waals surface area contributed by atoms with Crippen molar-refractivity contribution in [3.8, 4) is 0 Å². The fourth-order valence-electron chi connectivity index (χ4n) is 5.86. The Morgan fingerprint density at radius 1 is 0.979 bits per heavy atom. The summed E-state index contributed by atoms with van der Waals surface area (Å²) in [5, 5.41) is 15.1. The molecule has 256 valence electrons. The molecule has 0 spiro atoms. The lowest BCUT2D eigenvalue weighted by Crippen LogP contribution is -2.45. The van der Waals surface area contributed by atoms with Crippen LogP contribution in [0.15, 0.2) is 42.7 Å². The molecule has 12 heteroatoms. The van der Waals surface area contributed by atoms with Crippen LogP contribution in [-0.4, -0.2) is 86.3 Å². The Morgan fingerprint density at radius 2 is 1.55 bits per heavy atom. The number of H-pyrrole nitrogens is 1. The smallest absolute Gasteiger partial charge is 0.410 e. The van der Waals surface area contributed by atoms with E-state index in [1.165, 1.54) is 9.80 Å². The minimum Gasteiger partial charge on any atom is -0.444 e. The van der Waals surface area contributed by atoms with Crippen molar-refractivity contribution in [1.82, 2.24) is 29.8 Å². The molecule has 1 aliphatic carbocycles. The summed E-state index contributed by atoms with van der Waals surface area (Å²) in [6.45, 7) is 15.8. The first-order chi connectivity index (χ1) is 21.8. The highest BCUT2D eigenvalue weighted by Crippen LogP contribution is 2.35. The van der Waals surface area contributed by atoms with E-state index < -0.39 is 29.4 Å². The molecule has 1 atom stereocenters. The van der Waals surface area contributed by atoms with E-state index in [1.54, 1.807) is 31.2 Å². The summed E-state index contributed by atoms with van der Waals surface area (Å²) in [4.78, 5) is 42.6. The van der Waals surface area contributed by atoms with Crippen molar-refractivity contribution in [2.24, 2.45) is 11.3 Å². The first-order valence-corrected chi connectivity index (χ1v) is 16.2. The molecule has 12 nitrogen and oxygen atoms in total. The monoisotopic (exact) mass is 649 g/mol. The summed E-state index contributed by atoms with van der Waals surface area (Å²) in [5.74, 6) is -0.665. The average Bonchev–Trinajstić information content (AvgIpc) is 3.57. The van der Waals surface area contributed by atoms with Crippen LogP contribution in [0.25, 0.3) is 0 Å². The molecule has 0 radical (unpaired) electrons. The molecule has 47 heavy (non-hydrogen) atoms. The topological polar surface area (TPSA) is 135 Å². The molecule has 0 saturated carbocycles. The maximum atomic E-state index is 13.4. The van der Waals surface area contributed by atoms with Crippen molar-refractivity contribution in [2.45, 2.75) is 91.9 Å². The summed E-state index contributed by atoms with van der Waals surface area (Å²) >= 11 is 0. The van der Waals surface area contributed by atoms with Gasteiger partial charge >= 0.3 is 12.2 Å². The minimum absolute atomic E-state index is 0.159. The van der Waals surface area contributed by atoms with Gasteiger partial charge in [-0.05, 0) is 71.8 Å². The van der Waals surface area contributed by atoms with Gasteiger partial charge < -0.3 is 24.6 Å². The van der Waals surface area contributed by atoms with E-state index in [-0.39, 0.29) is 30.3 Å². The van der Waals surface area contributed by atoms with Crippen LogP contribution in [0.4, 0.5) is 15.3 Å². The quantitative estimate of drug-likeness (QED) is 0.277. The van der Waals surface area contributed by atoms with E-state index in [4.69, 9.17) is 9.47 Å². The number of carbonyl (C=O) groups excluding carboxylic acids is 3. The molecule has 4 rings (SSSR count). The Balaban J connectivity index is 1.65. The molecule has 2 aromatic heterocycles. The molecule has 3 aromatic rings. The molecule has 1 aliphatic rings. The zero-order valence-corrected chi connectivity index (χ0v) is 29.5. The number of anilines is 1. The molecule has 0 saturated heterocycles. The SMILES string of the molecule is CN(CC(CN(C)C(=O)OC(C)(C)C)C(c1ccccc1)n1cc(NC(=O)c2n[nH]c3c2CCC(C)(C)C3)cn1)C(=O)OC(C)(C)C. The molecule has 2 heterocycles. The largest absolute Gasteiger partial charge is 0.444 e. The lowest BCUT2D eigenvalue weighted by molar-refractivity contribution is 0.0187. The lowest BCUT2D eigenvalue weighted by atomic mass is 9.76. The number of nitrogens with zero attached hydrogens (tertiary/aromatic N) is 5. The van der Waals surface area contributed by atoms with Crippen LogP contribution < -0.4 is 5.32 Å². The number of rotatable bonds is 9. The summed E-state index contributed by atoms with van der Waals surface area (Å²) in [6.07, 6.45) is 5.02. The maximum Gasteiger partial charge on any atom is 0.410 e. The van der Waals surface area contributed by atoms with Crippen LogP contribution in [0.3, 0.4) is 0 Å². The van der Waals surface area contributed by atoms with Gasteiger partial charge in [0.2, 0.25) is 0 Å². The van der Waals surface area contributed by atoms with Gasteiger partial charge in [0.25, 0.3) is 5.91 Å². The van der Waals surface area contributed by atoms with Gasteiger partial charge in [-0.1, -0.05) is 44.2 Å². The number of fused-ring (bicyclic) bond motifs is 1. The van der Waals surface area contributed by atoms with Crippen LogP contribution in [0.2, 0.25) is 0 Å². The van der Waals surface area contributed by atoms with E-state index in [1.807, 2.05) is 71.9 Å². The average molecular weight is 650 g/mol. The number of hydrogen-bond acceptors (Lipinski definition) is 7. The fourth-order valence-corrected chi connectivity index (χ4v) is 5.86. The maximum absolute atomic E-state index is 13.4. The second kappa shape index (κ2) is 13.8. The number of hydrogen-bond donors (Lipinski definition) is 2. The van der Waals surface area contributed by atoms with Crippen LogP contribution in [-0.2, 0) is 22.3 Å². The Morgan fingerprint density at radius 3 is 2.11 bits per heavy atom. The fraction of sp³-hybridized carbons (Fsp3) is 0.571. The number of benzene rings is 1. The third-order valence-electron chi connectivity index (χ3n) is 8.03. The first-order valence-electron chi connectivity index (χ1n) is 16.2. The third kappa shape index (κ3) is 9.59. The van der Waals surface area contributed by atoms with Crippen LogP contribution in [0, 0.1) is 11.3 Å². The standard InChI is InChI=1S/C35H51N7O5/c1-33(2,3)46-31(44)40(9)20-24(21-41(10)32(45)47-34(4,5)6)29(23-14-12-11-13-15-23)42-22-25(19-36-42)37-30(43)28-26-16-17-35(7,8)18-27(26)38-39-28/h11-15,19,22,24,29H,16-18,20-21H2,1-10H3,(H,37,43)(H,38,39). The van der Waals surface area contributed by atoms with Crippen molar-refractivity contribution in [2.75, 3.05) is 32.5 Å². The summed E-state index contributed by atoms with van der Waals surface area (Å²) in [7, 11) is 3.36. The number of aromatic amines is 1. The van der Waals surface area contributed by atoms with E-state index in [9.17, 15) is 14.4 Å². The van der Waals surface area contributed by atoms with Gasteiger partial charge in [0.1, 0.15) is 11.2 Å². The predicted molar refractivity (Wildman–Crippen MR) is 180 cm³/mol. The lowest BCUT2D eigenvalue weighted by Gasteiger charge is -2.35. The van der Waals surface area contributed by atoms with E-state index in [0.717, 1.165) is 36.1 Å². The van der Waals surface area contributed by atoms with Gasteiger partial charge in [0.05, 0.1) is 17.9 Å². The molecule has 1 unspecified atom stereocenters. The van der Waals surface area contributed by atoms with Crippen molar-refractivity contribution >= 4 is 23.8 Å². The molecule has 2 N–H and O–H groups in total. The first kappa shape index (κ1) is 35.5. The van der Waals surface area contributed by atoms with Crippen LogP contribution in [0.5, 0.6) is 0 Å². The van der Waals surface area contributed by atoms with E-state index >= 15 is 0 Å². The molecule has 0 bridgehead atoms. The Labute approximate surface area is 278 Å². The second-order valence-electron chi connectivity index (χ2n) is 15.4. The Kier molecular flexibility index (Phi) is 10.4. The van der Waals surface area contributed by atoms with Gasteiger partial charge in [-0.25, -0.2) is 9.59 Å². The number of amides is 3. The zero-order chi connectivity index (χ0) is 34.7. The van der Waals surface area contributed by atoms with Crippen molar-refractivity contribution in [3.63, 3.8) is 0 Å². The minimum atomic E-state index is -0.675. The van der Waals surface area contributed by atoms with E-state index in [0.29, 0.717) is 11.4 Å². The molecule has 0 fully saturated rings. The van der Waals surface area contributed by atoms with Gasteiger partial charge in [0, 0.05) is 50.6 Å². The zero-order valence-electron chi connectivity index (χ0n) is 29.5. The van der Waals surface area contributed by atoms with Gasteiger partial charge in [0.15, 0.2) is 5.69 Å². The number of carbonyl (C=O) groups is 3. The highest BCUT2D eigenvalue weighted by Gasteiger charge is 2.34. The summed E-state index contributed by atoms with van der Waals surface area (Å²) in [6, 6.07) is 9.32. The normalized spacial score (nSPS) is 15.0. The molecular formula is C35H51N7O5. The van der Waals surface area contributed by atoms with E-state index in [2.05, 4.69) is 34.5 Å². The number of ether oxygens (including phenoxy) is 2. The number of nitrogens with one attached hydrogen (secondary N) is 2. The van der Waals surface area contributed by atoms with Gasteiger partial charge in [-0.3, -0.25) is 14.6 Å². The predicted octanol–water partition coefficient (Wildman–Crippen LogP) is 6.31. The highest BCUT2D eigenvalue weighted by molar-refractivity contribution is 6.04. The Hall–Kier alpha value is -4.35.